The summed E-state index contributed by atoms with van der Waals surface area (Å²) in [5, 5.41) is 9.99. The molecule has 0 spiro atoms. The zero-order chi connectivity index (χ0) is 14.5. The second-order valence-electron chi connectivity index (χ2n) is 5.84. The van der Waals surface area contributed by atoms with Crippen molar-refractivity contribution in [2.75, 3.05) is 0 Å². The Kier molecular flexibility index (Phi) is 4.44. The van der Waals surface area contributed by atoms with Gasteiger partial charge in [0.05, 0.1) is 0 Å². The Hall–Kier alpha value is -1.96. The van der Waals surface area contributed by atoms with Gasteiger partial charge in [-0.3, -0.25) is 0 Å². The first-order chi connectivity index (χ1) is 10.3. The first-order valence-electron chi connectivity index (χ1n) is 7.82. The van der Waals surface area contributed by atoms with Crippen LogP contribution in [0.5, 0.6) is 11.5 Å². The third-order valence-electron chi connectivity index (χ3n) is 4.30. The van der Waals surface area contributed by atoms with E-state index >= 15 is 0 Å². The van der Waals surface area contributed by atoms with Gasteiger partial charge in [-0.2, -0.15) is 0 Å². The molecule has 1 saturated carbocycles. The highest BCUT2D eigenvalue weighted by Gasteiger charge is 2.17. The zero-order valence-corrected chi connectivity index (χ0v) is 12.3. The Balaban J connectivity index is 1.72. The van der Waals surface area contributed by atoms with Gasteiger partial charge in [0.15, 0.2) is 11.5 Å². The predicted octanol–water partition coefficient (Wildman–Crippen LogP) is 5.02. The van der Waals surface area contributed by atoms with E-state index in [-0.39, 0.29) is 5.75 Å². The summed E-state index contributed by atoms with van der Waals surface area (Å²) in [4.78, 5) is 0. The molecular formula is C19H22O2. The number of benzene rings is 2. The number of ether oxygens (including phenoxy) is 1. The number of aromatic hydroxyl groups is 1. The minimum absolute atomic E-state index is 0.227. The molecule has 21 heavy (non-hydrogen) atoms. The first kappa shape index (κ1) is 14.0. The average Bonchev–Trinajstić information content (AvgIpc) is 2.56. The maximum atomic E-state index is 9.99. The van der Waals surface area contributed by atoms with Crippen LogP contribution in [-0.4, -0.2) is 5.11 Å². The molecule has 0 amide bonds. The van der Waals surface area contributed by atoms with Gasteiger partial charge in [0.1, 0.15) is 6.61 Å². The molecule has 1 fully saturated rings. The highest BCUT2D eigenvalue weighted by Crippen LogP contribution is 2.37. The number of rotatable bonds is 4. The lowest BCUT2D eigenvalue weighted by Gasteiger charge is -2.22. The van der Waals surface area contributed by atoms with Crippen molar-refractivity contribution in [1.29, 1.82) is 0 Å². The Morgan fingerprint density at radius 3 is 2.48 bits per heavy atom. The fourth-order valence-corrected chi connectivity index (χ4v) is 3.07. The van der Waals surface area contributed by atoms with Gasteiger partial charge in [0.2, 0.25) is 0 Å². The molecule has 0 aliphatic heterocycles. The fourth-order valence-electron chi connectivity index (χ4n) is 3.07. The summed E-state index contributed by atoms with van der Waals surface area (Å²) >= 11 is 0. The van der Waals surface area contributed by atoms with Crippen molar-refractivity contribution in [2.45, 2.75) is 44.6 Å². The second-order valence-corrected chi connectivity index (χ2v) is 5.84. The molecule has 0 atom stereocenters. The molecule has 110 valence electrons. The maximum Gasteiger partial charge on any atom is 0.161 e. The zero-order valence-electron chi connectivity index (χ0n) is 12.3. The molecule has 1 aliphatic carbocycles. The average molecular weight is 282 g/mol. The molecule has 2 nitrogen and oxygen atoms in total. The van der Waals surface area contributed by atoms with Crippen LogP contribution >= 0.6 is 0 Å². The van der Waals surface area contributed by atoms with Crippen molar-refractivity contribution < 1.29 is 9.84 Å². The van der Waals surface area contributed by atoms with Gasteiger partial charge in [-0.1, -0.05) is 55.7 Å². The maximum absolute atomic E-state index is 9.99. The number of hydrogen-bond donors (Lipinski definition) is 1. The van der Waals surface area contributed by atoms with Crippen LogP contribution in [0.2, 0.25) is 0 Å². The van der Waals surface area contributed by atoms with Crippen LogP contribution in [0, 0.1) is 0 Å². The van der Waals surface area contributed by atoms with Gasteiger partial charge in [-0.05, 0) is 42.0 Å². The van der Waals surface area contributed by atoms with Gasteiger partial charge < -0.3 is 9.84 Å². The molecule has 0 radical (unpaired) electrons. The smallest absolute Gasteiger partial charge is 0.161 e. The molecule has 0 bridgehead atoms. The molecule has 1 N–H and O–H groups in total. The highest BCUT2D eigenvalue weighted by atomic mass is 16.5. The Bertz CT molecular complexity index is 571. The molecule has 2 aromatic carbocycles. The summed E-state index contributed by atoms with van der Waals surface area (Å²) < 4.78 is 5.80. The molecule has 1 aliphatic rings. The summed E-state index contributed by atoms with van der Waals surface area (Å²) in [7, 11) is 0. The normalized spacial score (nSPS) is 15.8. The summed E-state index contributed by atoms with van der Waals surface area (Å²) in [6, 6.07) is 15.9. The summed E-state index contributed by atoms with van der Waals surface area (Å²) in [5.41, 5.74) is 2.41. The predicted molar refractivity (Wildman–Crippen MR) is 84.7 cm³/mol. The lowest BCUT2D eigenvalue weighted by atomic mass is 9.84. The van der Waals surface area contributed by atoms with Crippen LogP contribution in [0.3, 0.4) is 0 Å². The Morgan fingerprint density at radius 2 is 1.71 bits per heavy atom. The molecule has 2 heteroatoms. The van der Waals surface area contributed by atoms with Gasteiger partial charge in [-0.15, -0.1) is 0 Å². The SMILES string of the molecule is Oc1ccc(C2CCCCC2)cc1OCc1ccccc1. The van der Waals surface area contributed by atoms with E-state index in [2.05, 4.69) is 0 Å². The molecule has 0 heterocycles. The van der Waals surface area contributed by atoms with Gasteiger partial charge in [-0.25, -0.2) is 0 Å². The van der Waals surface area contributed by atoms with E-state index in [1.807, 2.05) is 42.5 Å². The highest BCUT2D eigenvalue weighted by molar-refractivity contribution is 5.43. The van der Waals surface area contributed by atoms with Gasteiger partial charge in [0, 0.05) is 0 Å². The van der Waals surface area contributed by atoms with Crippen LogP contribution in [0.4, 0.5) is 0 Å². The van der Waals surface area contributed by atoms with E-state index < -0.39 is 0 Å². The number of hydrogen-bond acceptors (Lipinski definition) is 2. The van der Waals surface area contributed by atoms with E-state index in [1.54, 1.807) is 6.07 Å². The lowest BCUT2D eigenvalue weighted by molar-refractivity contribution is 0.288. The third-order valence-corrected chi connectivity index (χ3v) is 4.30. The summed E-state index contributed by atoms with van der Waals surface area (Å²) in [6.45, 7) is 0.489. The van der Waals surface area contributed by atoms with Crippen molar-refractivity contribution in [2.24, 2.45) is 0 Å². The molecule has 0 aromatic heterocycles. The monoisotopic (exact) mass is 282 g/mol. The quantitative estimate of drug-likeness (QED) is 0.853. The van der Waals surface area contributed by atoms with Crippen molar-refractivity contribution >= 4 is 0 Å². The Morgan fingerprint density at radius 1 is 0.952 bits per heavy atom. The molecular weight excluding hydrogens is 260 g/mol. The molecule has 3 rings (SSSR count). The van der Waals surface area contributed by atoms with Gasteiger partial charge >= 0.3 is 0 Å². The Labute approximate surface area is 126 Å². The molecule has 2 aromatic rings. The van der Waals surface area contributed by atoms with Crippen molar-refractivity contribution in [3.8, 4) is 11.5 Å². The van der Waals surface area contributed by atoms with Crippen LogP contribution in [0.15, 0.2) is 48.5 Å². The minimum atomic E-state index is 0.227. The number of phenolic OH excluding ortho intramolecular Hbond substituents is 1. The lowest BCUT2D eigenvalue weighted by Crippen LogP contribution is -2.05. The number of phenols is 1. The van der Waals surface area contributed by atoms with Crippen molar-refractivity contribution in [1.82, 2.24) is 0 Å². The van der Waals surface area contributed by atoms with E-state index in [4.69, 9.17) is 4.74 Å². The largest absolute Gasteiger partial charge is 0.504 e. The second kappa shape index (κ2) is 6.66. The van der Waals surface area contributed by atoms with E-state index in [0.717, 1.165) is 5.56 Å². The first-order valence-corrected chi connectivity index (χ1v) is 7.82. The standard InChI is InChI=1S/C19H22O2/c20-18-12-11-17(16-9-5-2-6-10-16)13-19(18)21-14-15-7-3-1-4-8-15/h1,3-4,7-8,11-13,16,20H,2,5-6,9-10,14H2. The van der Waals surface area contributed by atoms with Crippen molar-refractivity contribution in [3.05, 3.63) is 59.7 Å². The fraction of sp³-hybridized carbons (Fsp3) is 0.368. The van der Waals surface area contributed by atoms with Crippen LogP contribution in [0.25, 0.3) is 0 Å². The van der Waals surface area contributed by atoms with Crippen LogP contribution in [-0.2, 0) is 6.61 Å². The summed E-state index contributed by atoms with van der Waals surface area (Å²) in [5.74, 6) is 1.45. The summed E-state index contributed by atoms with van der Waals surface area (Å²) in [6.07, 6.45) is 6.48. The van der Waals surface area contributed by atoms with Crippen molar-refractivity contribution in [3.63, 3.8) is 0 Å². The molecule has 0 unspecified atom stereocenters. The van der Waals surface area contributed by atoms with Crippen LogP contribution in [0.1, 0.15) is 49.1 Å². The van der Waals surface area contributed by atoms with E-state index in [9.17, 15) is 5.11 Å². The van der Waals surface area contributed by atoms with E-state index in [1.165, 1.54) is 37.7 Å². The van der Waals surface area contributed by atoms with Crippen LogP contribution < -0.4 is 4.74 Å². The third kappa shape index (κ3) is 3.57. The topological polar surface area (TPSA) is 29.5 Å². The van der Waals surface area contributed by atoms with Gasteiger partial charge in [0.25, 0.3) is 0 Å². The molecule has 0 saturated heterocycles. The van der Waals surface area contributed by atoms with E-state index in [0.29, 0.717) is 18.3 Å². The minimum Gasteiger partial charge on any atom is -0.504 e.